The molecule has 1 aliphatic rings. The number of amides is 1. The van der Waals surface area contributed by atoms with E-state index in [1.807, 2.05) is 25.1 Å². The Bertz CT molecular complexity index is 790. The highest BCUT2D eigenvalue weighted by molar-refractivity contribution is 9.10. The molecule has 2 aromatic rings. The van der Waals surface area contributed by atoms with Gasteiger partial charge in [0.15, 0.2) is 0 Å². The number of hydrogen-bond acceptors (Lipinski definition) is 1. The Hall–Kier alpha value is -1.87. The first kappa shape index (κ1) is 14.1. The van der Waals surface area contributed by atoms with E-state index in [9.17, 15) is 4.79 Å². The lowest BCUT2D eigenvalue weighted by molar-refractivity contribution is -0.110. The van der Waals surface area contributed by atoms with Crippen LogP contribution in [0.25, 0.3) is 11.6 Å². The molecule has 3 heteroatoms. The van der Waals surface area contributed by atoms with E-state index >= 15 is 0 Å². The number of hydrogen-bond donors (Lipinski definition) is 1. The van der Waals surface area contributed by atoms with Gasteiger partial charge in [-0.1, -0.05) is 39.7 Å². The van der Waals surface area contributed by atoms with Gasteiger partial charge in [-0.15, -0.1) is 0 Å². The number of rotatable bonds is 1. The van der Waals surface area contributed by atoms with Gasteiger partial charge in [0, 0.05) is 21.3 Å². The van der Waals surface area contributed by atoms with Crippen LogP contribution < -0.4 is 5.32 Å². The fourth-order valence-corrected chi connectivity index (χ4v) is 3.05. The molecule has 0 saturated heterocycles. The first-order chi connectivity index (χ1) is 9.97. The first-order valence-electron chi connectivity index (χ1n) is 6.87. The number of benzene rings is 2. The number of anilines is 1. The molecule has 0 bridgehead atoms. The zero-order chi connectivity index (χ0) is 15.1. The normalized spacial score (nSPS) is 15.2. The average Bonchev–Trinajstić information content (AvgIpc) is 2.74. The average molecular weight is 342 g/mol. The van der Waals surface area contributed by atoms with Gasteiger partial charge in [-0.2, -0.15) is 0 Å². The third kappa shape index (κ3) is 2.42. The molecule has 0 saturated carbocycles. The van der Waals surface area contributed by atoms with E-state index in [2.05, 4.69) is 53.3 Å². The third-order valence-corrected chi connectivity index (χ3v) is 4.75. The van der Waals surface area contributed by atoms with E-state index in [-0.39, 0.29) is 5.91 Å². The van der Waals surface area contributed by atoms with Crippen molar-refractivity contribution in [3.63, 3.8) is 0 Å². The van der Waals surface area contributed by atoms with Crippen molar-refractivity contribution in [2.45, 2.75) is 20.8 Å². The Morgan fingerprint density at radius 2 is 1.86 bits per heavy atom. The minimum absolute atomic E-state index is 0.0359. The maximum absolute atomic E-state index is 12.3. The molecule has 0 spiro atoms. The van der Waals surface area contributed by atoms with Crippen molar-refractivity contribution < 1.29 is 4.79 Å². The second-order valence-electron chi connectivity index (χ2n) is 5.47. The van der Waals surface area contributed by atoms with Gasteiger partial charge >= 0.3 is 0 Å². The predicted molar refractivity (Wildman–Crippen MR) is 91.3 cm³/mol. The molecule has 1 N–H and O–H groups in total. The summed E-state index contributed by atoms with van der Waals surface area (Å²) < 4.78 is 1.02. The Morgan fingerprint density at radius 3 is 2.57 bits per heavy atom. The summed E-state index contributed by atoms with van der Waals surface area (Å²) in [5.74, 6) is -0.0359. The van der Waals surface area contributed by atoms with Gasteiger partial charge in [0.05, 0.1) is 0 Å². The SMILES string of the molecule is Cc1ccc(C=C2C(=O)Nc3ccc(Br)c(C)c32)c(C)c1. The quantitative estimate of drug-likeness (QED) is 0.736. The minimum atomic E-state index is -0.0359. The van der Waals surface area contributed by atoms with Gasteiger partial charge in [-0.25, -0.2) is 0 Å². The van der Waals surface area contributed by atoms with E-state index in [1.165, 1.54) is 11.1 Å². The zero-order valence-corrected chi connectivity index (χ0v) is 13.8. The lowest BCUT2D eigenvalue weighted by Gasteiger charge is -2.07. The highest BCUT2D eigenvalue weighted by atomic mass is 79.9. The molecular formula is C18H16BrNO. The molecule has 0 aromatic heterocycles. The molecule has 0 aliphatic carbocycles. The maximum atomic E-state index is 12.3. The molecule has 2 aromatic carbocycles. The van der Waals surface area contributed by atoms with E-state index < -0.39 is 0 Å². The van der Waals surface area contributed by atoms with Gasteiger partial charge in [0.2, 0.25) is 0 Å². The van der Waals surface area contributed by atoms with Crippen LogP contribution in [0.15, 0.2) is 34.8 Å². The summed E-state index contributed by atoms with van der Waals surface area (Å²) in [4.78, 5) is 12.3. The molecule has 3 rings (SSSR count). The summed E-state index contributed by atoms with van der Waals surface area (Å²) in [6.07, 6.45) is 1.98. The van der Waals surface area contributed by atoms with Crippen LogP contribution in [0.5, 0.6) is 0 Å². The number of carbonyl (C=O) groups excluding carboxylic acids is 1. The van der Waals surface area contributed by atoms with Crippen molar-refractivity contribution in [2.24, 2.45) is 0 Å². The number of halogens is 1. The van der Waals surface area contributed by atoms with E-state index in [1.54, 1.807) is 0 Å². The van der Waals surface area contributed by atoms with Crippen molar-refractivity contribution in [2.75, 3.05) is 5.32 Å². The Balaban J connectivity index is 2.18. The van der Waals surface area contributed by atoms with Crippen molar-refractivity contribution in [3.05, 3.63) is 62.6 Å². The van der Waals surface area contributed by atoms with Gasteiger partial charge in [-0.3, -0.25) is 4.79 Å². The van der Waals surface area contributed by atoms with Crippen LogP contribution in [-0.4, -0.2) is 5.91 Å². The highest BCUT2D eigenvalue weighted by Gasteiger charge is 2.26. The van der Waals surface area contributed by atoms with Gasteiger partial charge in [0.25, 0.3) is 5.91 Å². The monoisotopic (exact) mass is 341 g/mol. The molecule has 2 nitrogen and oxygen atoms in total. The van der Waals surface area contributed by atoms with Crippen LogP contribution in [0.2, 0.25) is 0 Å². The van der Waals surface area contributed by atoms with Crippen LogP contribution in [0.4, 0.5) is 5.69 Å². The first-order valence-corrected chi connectivity index (χ1v) is 7.66. The van der Waals surface area contributed by atoms with Gasteiger partial charge < -0.3 is 5.32 Å². The third-order valence-electron chi connectivity index (χ3n) is 3.89. The predicted octanol–water partition coefficient (Wildman–Crippen LogP) is 4.87. The lowest BCUT2D eigenvalue weighted by atomic mass is 9.97. The molecule has 0 atom stereocenters. The van der Waals surface area contributed by atoms with Gasteiger partial charge in [-0.05, 0) is 55.7 Å². The van der Waals surface area contributed by atoms with E-state index in [0.717, 1.165) is 32.4 Å². The Morgan fingerprint density at radius 1 is 1.10 bits per heavy atom. The van der Waals surface area contributed by atoms with Crippen molar-refractivity contribution in [1.29, 1.82) is 0 Å². The molecule has 1 heterocycles. The summed E-state index contributed by atoms with van der Waals surface area (Å²) in [5.41, 5.74) is 7.18. The summed E-state index contributed by atoms with van der Waals surface area (Å²) in [7, 11) is 0. The van der Waals surface area contributed by atoms with Crippen LogP contribution >= 0.6 is 15.9 Å². The zero-order valence-electron chi connectivity index (χ0n) is 12.3. The summed E-state index contributed by atoms with van der Waals surface area (Å²) in [6.45, 7) is 6.17. The van der Waals surface area contributed by atoms with Crippen LogP contribution in [0.3, 0.4) is 0 Å². The van der Waals surface area contributed by atoms with Crippen molar-refractivity contribution >= 4 is 39.2 Å². The molecule has 1 aliphatic heterocycles. The number of nitrogens with one attached hydrogen (secondary N) is 1. The second kappa shape index (κ2) is 5.15. The van der Waals surface area contributed by atoms with Crippen molar-refractivity contribution in [1.82, 2.24) is 0 Å². The summed E-state index contributed by atoms with van der Waals surface area (Å²) in [6, 6.07) is 10.2. The molecule has 1 amide bonds. The molecule has 0 fully saturated rings. The fourth-order valence-electron chi connectivity index (χ4n) is 2.72. The Labute approximate surface area is 133 Å². The van der Waals surface area contributed by atoms with Crippen molar-refractivity contribution in [3.8, 4) is 0 Å². The summed E-state index contributed by atoms with van der Waals surface area (Å²) >= 11 is 3.54. The van der Waals surface area contributed by atoms with Crippen LogP contribution in [0.1, 0.15) is 27.8 Å². The number of fused-ring (bicyclic) bond motifs is 1. The van der Waals surface area contributed by atoms with E-state index in [4.69, 9.17) is 0 Å². The maximum Gasteiger partial charge on any atom is 0.256 e. The standard InChI is InChI=1S/C18H16BrNO/c1-10-4-5-13(11(2)8-10)9-14-17-12(3)15(19)6-7-16(17)20-18(14)21/h4-9H,1-3H3,(H,20,21). The Kier molecular flexibility index (Phi) is 3.46. The fraction of sp³-hybridized carbons (Fsp3) is 0.167. The smallest absolute Gasteiger partial charge is 0.256 e. The number of carbonyl (C=O) groups is 1. The minimum Gasteiger partial charge on any atom is -0.321 e. The topological polar surface area (TPSA) is 29.1 Å². The molecule has 0 radical (unpaired) electrons. The molecule has 0 unspecified atom stereocenters. The second-order valence-corrected chi connectivity index (χ2v) is 6.32. The van der Waals surface area contributed by atoms with E-state index in [0.29, 0.717) is 0 Å². The summed E-state index contributed by atoms with van der Waals surface area (Å²) in [5, 5.41) is 2.94. The largest absolute Gasteiger partial charge is 0.321 e. The van der Waals surface area contributed by atoms with Crippen LogP contribution in [-0.2, 0) is 4.79 Å². The molecule has 106 valence electrons. The molecular weight excluding hydrogens is 326 g/mol. The van der Waals surface area contributed by atoms with Crippen LogP contribution in [0, 0.1) is 20.8 Å². The lowest BCUT2D eigenvalue weighted by Crippen LogP contribution is -2.03. The molecule has 21 heavy (non-hydrogen) atoms. The van der Waals surface area contributed by atoms with Gasteiger partial charge in [0.1, 0.15) is 0 Å². The highest BCUT2D eigenvalue weighted by Crippen LogP contribution is 2.38. The number of aryl methyl sites for hydroxylation is 2.